The van der Waals surface area contributed by atoms with Crippen molar-refractivity contribution in [2.45, 2.75) is 63.5 Å². The topological polar surface area (TPSA) is 155 Å². The Kier molecular flexibility index (Phi) is 22.0. The summed E-state index contributed by atoms with van der Waals surface area (Å²) < 4.78 is 62.2. The number of hydrogen-bond acceptors (Lipinski definition) is 8. The van der Waals surface area contributed by atoms with Crippen LogP contribution >= 0.6 is 0 Å². The van der Waals surface area contributed by atoms with E-state index in [1.807, 2.05) is 18.7 Å². The average Bonchev–Trinajstić information content (AvgIpc) is 2.82. The zero-order valence-electron chi connectivity index (χ0n) is 24.5. The molecule has 0 atom stereocenters. The summed E-state index contributed by atoms with van der Waals surface area (Å²) in [5.41, 5.74) is 1.93. The molecule has 0 heterocycles. The number of hydrogen-bond donors (Lipinski definition) is 0. The van der Waals surface area contributed by atoms with Gasteiger partial charge in [-0.1, -0.05) is 63.1 Å². The summed E-state index contributed by atoms with van der Waals surface area (Å²) in [5, 5.41) is 19.1. The van der Waals surface area contributed by atoms with E-state index in [4.69, 9.17) is 4.74 Å². The summed E-state index contributed by atoms with van der Waals surface area (Å²) in [6.07, 6.45) is -0.833. The predicted octanol–water partition coefficient (Wildman–Crippen LogP) is 2.58. The number of rotatable bonds is 13. The van der Waals surface area contributed by atoms with Crippen molar-refractivity contribution in [3.63, 3.8) is 0 Å². The van der Waals surface area contributed by atoms with Crippen molar-refractivity contribution >= 4 is 20.0 Å². The minimum Gasteiger partial charge on any atom is -0.852 e. The van der Waals surface area contributed by atoms with E-state index >= 15 is 0 Å². The van der Waals surface area contributed by atoms with Gasteiger partial charge < -0.3 is 29.3 Å². The van der Waals surface area contributed by atoms with E-state index in [1.165, 1.54) is 24.3 Å². The predicted molar refractivity (Wildman–Crippen MR) is 152 cm³/mol. The maximum absolute atomic E-state index is 12.4. The number of nitrogens with zero attached hydrogens (tertiary/aromatic N) is 3. The van der Waals surface area contributed by atoms with Crippen LogP contribution in [0.3, 0.4) is 0 Å². The van der Waals surface area contributed by atoms with E-state index in [1.54, 1.807) is 59.1 Å². The molecule has 0 bridgehead atoms. The van der Waals surface area contributed by atoms with Crippen LogP contribution in [0, 0.1) is 13.8 Å². The van der Waals surface area contributed by atoms with Gasteiger partial charge in [-0.25, -0.2) is 16.8 Å². The molecular formula is C27H43N3O7S2Ti. The number of methoxy groups -OCH3 is 1. The molecule has 0 amide bonds. The molecule has 0 fully saturated rings. The summed E-state index contributed by atoms with van der Waals surface area (Å²) in [4.78, 5) is 2.19. The average molecular weight is 634 g/mol. The third-order valence-corrected chi connectivity index (χ3v) is 7.39. The van der Waals surface area contributed by atoms with Crippen LogP contribution < -0.4 is 10.2 Å². The molecule has 0 aliphatic rings. The van der Waals surface area contributed by atoms with Gasteiger partial charge in [0.2, 0.25) is 0 Å². The van der Waals surface area contributed by atoms with Gasteiger partial charge in [-0.2, -0.15) is 0 Å². The van der Waals surface area contributed by atoms with Gasteiger partial charge in [0, 0.05) is 23.4 Å². The van der Waals surface area contributed by atoms with Crippen molar-refractivity contribution in [2.75, 3.05) is 46.4 Å². The Morgan fingerprint density at radius 2 is 1.00 bits per heavy atom. The summed E-state index contributed by atoms with van der Waals surface area (Å²) in [6.45, 7) is 11.9. The number of ether oxygens (including phenoxy) is 1. The van der Waals surface area contributed by atoms with Gasteiger partial charge in [0.1, 0.15) is 20.0 Å². The molecule has 0 aliphatic heterocycles. The first kappa shape index (κ1) is 41.0. The molecule has 0 N–H and O–H groups in total. The Labute approximate surface area is 256 Å². The molecule has 2 aromatic carbocycles. The van der Waals surface area contributed by atoms with E-state index in [0.29, 0.717) is 26.2 Å². The van der Waals surface area contributed by atoms with E-state index in [0.717, 1.165) is 11.1 Å². The number of aryl methyl sites for hydroxylation is 2. The molecule has 0 aromatic heterocycles. The van der Waals surface area contributed by atoms with Crippen LogP contribution in [-0.2, 0) is 46.5 Å². The quantitative estimate of drug-likeness (QED) is 0.305. The number of sulfonamides is 2. The second-order valence-electron chi connectivity index (χ2n) is 9.21. The summed E-state index contributed by atoms with van der Waals surface area (Å²) in [7, 11) is -5.89. The van der Waals surface area contributed by atoms with Crippen LogP contribution in [0.25, 0.3) is 9.44 Å². The second-order valence-corrected chi connectivity index (χ2v) is 12.6. The fourth-order valence-electron chi connectivity index (χ4n) is 2.73. The molecule has 2 rings (SSSR count). The Balaban J connectivity index is 0. The normalized spacial score (nSPS) is 11.4. The molecule has 0 saturated heterocycles. The van der Waals surface area contributed by atoms with Gasteiger partial charge in [-0.3, -0.25) is 0 Å². The van der Waals surface area contributed by atoms with E-state index in [-0.39, 0.29) is 44.6 Å². The monoisotopic (exact) mass is 633 g/mol. The van der Waals surface area contributed by atoms with Gasteiger partial charge in [0.15, 0.2) is 0 Å². The fraction of sp³-hybridized carbons (Fsp3) is 0.556. The van der Waals surface area contributed by atoms with E-state index in [9.17, 15) is 27.0 Å². The van der Waals surface area contributed by atoms with Crippen molar-refractivity contribution < 1.29 is 53.5 Å². The van der Waals surface area contributed by atoms with Crippen LogP contribution in [0.15, 0.2) is 58.3 Å². The Morgan fingerprint density at radius 3 is 1.27 bits per heavy atom. The molecule has 0 spiro atoms. The summed E-state index contributed by atoms with van der Waals surface area (Å²) in [6, 6.07) is 13.0. The first-order valence-corrected chi connectivity index (χ1v) is 15.5. The van der Waals surface area contributed by atoms with Gasteiger partial charge >= 0.3 is 21.7 Å². The molecule has 0 aliphatic carbocycles. The maximum Gasteiger partial charge on any atom is 4.00 e. The minimum absolute atomic E-state index is 0. The van der Waals surface area contributed by atoms with Crippen molar-refractivity contribution in [2.24, 2.45) is 0 Å². The largest absolute Gasteiger partial charge is 4.00 e. The summed E-state index contributed by atoms with van der Waals surface area (Å²) in [5.74, 6) is 0. The zero-order valence-corrected chi connectivity index (χ0v) is 27.7. The Hall–Kier alpha value is -1.19. The molecular weight excluding hydrogens is 590 g/mol. The van der Waals surface area contributed by atoms with E-state index < -0.39 is 32.3 Å². The van der Waals surface area contributed by atoms with Gasteiger partial charge in [-0.15, -0.1) is 25.3 Å². The minimum atomic E-state index is -3.73. The third-order valence-electron chi connectivity index (χ3n) is 4.60. The molecule has 10 nitrogen and oxygen atoms in total. The first-order chi connectivity index (χ1) is 18.1. The number of benzene rings is 2. The smallest absolute Gasteiger partial charge is 0.852 e. The van der Waals surface area contributed by atoms with Crippen LogP contribution in [0.4, 0.5) is 0 Å². The Bertz CT molecular complexity index is 1030. The summed E-state index contributed by atoms with van der Waals surface area (Å²) >= 11 is 0. The fourth-order valence-corrected chi connectivity index (χ4v) is 4.63. The molecule has 0 saturated carbocycles. The molecule has 13 heteroatoms. The molecule has 2 aromatic rings. The molecule has 40 heavy (non-hydrogen) atoms. The SMILES string of the molecule is CC(C)[O-].CC(C)[O-].COCCN(CC[N-]S(=O)(=O)c1ccc(C)cc1)CC[N-]S(=O)(=O)c1ccc(C)cc1.[Ti+4]. The van der Waals surface area contributed by atoms with Crippen molar-refractivity contribution in [1.29, 1.82) is 0 Å². The molecule has 224 valence electrons. The van der Waals surface area contributed by atoms with E-state index in [2.05, 4.69) is 9.44 Å². The van der Waals surface area contributed by atoms with Gasteiger partial charge in [0.05, 0.1) is 6.61 Å². The van der Waals surface area contributed by atoms with Crippen molar-refractivity contribution in [1.82, 2.24) is 4.90 Å². The zero-order chi connectivity index (χ0) is 30.1. The standard InChI is InChI=1S/C21H29N3O5S2.2C3H7O.Ti/c1-18-4-8-20(9-5-18)30(25,26)22-12-14-24(16-17-29-3)15-13-23-31(27,28)21-10-6-19(2)7-11-21;2*1-3(2)4;/h4-11H,12-17H2,1-3H3;2*3H,1-2H3;/q-2;2*-1;+4. The van der Waals surface area contributed by atoms with Gasteiger partial charge in [-0.05, 0) is 51.2 Å². The first-order valence-electron chi connectivity index (χ1n) is 12.6. The second kappa shape index (κ2) is 21.5. The van der Waals surface area contributed by atoms with Crippen LogP contribution in [-0.4, -0.2) is 80.4 Å². The Morgan fingerprint density at radius 1 is 0.700 bits per heavy atom. The maximum atomic E-state index is 12.4. The van der Waals surface area contributed by atoms with Crippen LogP contribution in [0.2, 0.25) is 0 Å². The van der Waals surface area contributed by atoms with Crippen LogP contribution in [0.1, 0.15) is 38.8 Å². The van der Waals surface area contributed by atoms with Crippen molar-refractivity contribution in [3.05, 3.63) is 69.1 Å². The molecule has 0 radical (unpaired) electrons. The van der Waals surface area contributed by atoms with Gasteiger partial charge in [0.25, 0.3) is 0 Å². The third kappa shape index (κ3) is 19.8. The molecule has 0 unspecified atom stereocenters. The van der Waals surface area contributed by atoms with Crippen LogP contribution in [0.5, 0.6) is 0 Å². The van der Waals surface area contributed by atoms with Crippen molar-refractivity contribution in [3.8, 4) is 0 Å².